The van der Waals surface area contributed by atoms with Crippen molar-refractivity contribution in [1.82, 2.24) is 25.9 Å². The third-order valence-corrected chi connectivity index (χ3v) is 2.75. The van der Waals surface area contributed by atoms with Crippen LogP contribution in [0.2, 0.25) is 0 Å². The van der Waals surface area contributed by atoms with Crippen LogP contribution in [-0.2, 0) is 0 Å². The van der Waals surface area contributed by atoms with Gasteiger partial charge in [0.1, 0.15) is 0 Å². The Hall–Kier alpha value is -2.64. The molecule has 2 aromatic rings. The van der Waals surface area contributed by atoms with Gasteiger partial charge in [0.25, 0.3) is 5.91 Å². The Morgan fingerprint density at radius 2 is 2.30 bits per heavy atom. The number of H-pyrrole nitrogens is 1. The Bertz CT molecular complexity index is 581. The molecular weight excluding hydrogens is 258 g/mol. The minimum absolute atomic E-state index is 0.157. The van der Waals surface area contributed by atoms with Crippen LogP contribution < -0.4 is 16.4 Å². The highest BCUT2D eigenvalue weighted by atomic mass is 16.1. The number of nitrogens with one attached hydrogen (secondary N) is 3. The summed E-state index contributed by atoms with van der Waals surface area (Å²) in [6.45, 7) is 4.29. The van der Waals surface area contributed by atoms with Crippen LogP contribution in [0.5, 0.6) is 0 Å². The number of aromatic nitrogens is 4. The smallest absolute Gasteiger partial charge is 0.253 e. The summed E-state index contributed by atoms with van der Waals surface area (Å²) in [6, 6.07) is 4.88. The van der Waals surface area contributed by atoms with E-state index in [1.165, 1.54) is 0 Å². The van der Waals surface area contributed by atoms with Crippen LogP contribution in [0.25, 0.3) is 0 Å². The highest BCUT2D eigenvalue weighted by Gasteiger charge is 2.15. The molecule has 1 atom stereocenters. The molecule has 1 unspecified atom stereocenters. The fourth-order valence-electron chi connectivity index (χ4n) is 1.79. The predicted octanol–water partition coefficient (Wildman–Crippen LogP) is 0.705. The number of carbonyl (C=O) groups is 1. The molecule has 0 bridgehead atoms. The predicted molar refractivity (Wildman–Crippen MR) is 75.1 cm³/mol. The number of tetrazole rings is 1. The molecule has 1 amide bonds. The van der Waals surface area contributed by atoms with Gasteiger partial charge in [-0.05, 0) is 32.0 Å². The molecule has 0 saturated carbocycles. The van der Waals surface area contributed by atoms with Crippen LogP contribution in [0.15, 0.2) is 18.2 Å². The average Bonchev–Trinajstić information content (AvgIpc) is 2.93. The first-order valence-corrected chi connectivity index (χ1v) is 6.29. The van der Waals surface area contributed by atoms with Crippen LogP contribution in [0.1, 0.15) is 36.1 Å². The monoisotopic (exact) mass is 275 g/mol. The minimum atomic E-state index is -0.205. The van der Waals surface area contributed by atoms with Gasteiger partial charge in [-0.15, -0.1) is 10.2 Å². The van der Waals surface area contributed by atoms with Gasteiger partial charge in [0.15, 0.2) is 5.82 Å². The van der Waals surface area contributed by atoms with Gasteiger partial charge in [0.05, 0.1) is 11.6 Å². The highest BCUT2D eigenvalue weighted by molar-refractivity contribution is 6.00. The lowest BCUT2D eigenvalue weighted by molar-refractivity contribution is 0.0956. The van der Waals surface area contributed by atoms with Gasteiger partial charge in [-0.1, -0.05) is 5.21 Å². The van der Waals surface area contributed by atoms with Crippen molar-refractivity contribution >= 4 is 17.3 Å². The van der Waals surface area contributed by atoms with Crippen molar-refractivity contribution in [2.24, 2.45) is 0 Å². The van der Waals surface area contributed by atoms with E-state index in [4.69, 9.17) is 5.73 Å². The first kappa shape index (κ1) is 13.8. The lowest BCUT2D eigenvalue weighted by atomic mass is 10.1. The Labute approximate surface area is 116 Å². The van der Waals surface area contributed by atoms with Crippen molar-refractivity contribution < 1.29 is 4.79 Å². The summed E-state index contributed by atoms with van der Waals surface area (Å²) in [6.07, 6.45) is 0. The van der Waals surface area contributed by atoms with E-state index in [9.17, 15) is 4.79 Å². The normalized spacial score (nSPS) is 11.9. The van der Waals surface area contributed by atoms with Gasteiger partial charge < -0.3 is 16.4 Å². The Morgan fingerprint density at radius 3 is 2.95 bits per heavy atom. The number of nitrogens with zero attached hydrogens (tertiary/aromatic N) is 3. The number of nitrogen functional groups attached to an aromatic ring is 1. The van der Waals surface area contributed by atoms with Gasteiger partial charge in [0, 0.05) is 17.9 Å². The van der Waals surface area contributed by atoms with Gasteiger partial charge >= 0.3 is 0 Å². The molecule has 1 heterocycles. The zero-order valence-electron chi connectivity index (χ0n) is 11.3. The number of aromatic amines is 1. The fraction of sp³-hybridized carbons (Fsp3) is 0.333. The summed E-state index contributed by atoms with van der Waals surface area (Å²) in [4.78, 5) is 12.0. The number of anilines is 2. The van der Waals surface area contributed by atoms with E-state index in [0.717, 1.165) is 0 Å². The second-order valence-corrected chi connectivity index (χ2v) is 4.30. The van der Waals surface area contributed by atoms with Crippen LogP contribution in [-0.4, -0.2) is 33.1 Å². The molecular formula is C12H17N7O. The molecule has 1 aromatic carbocycles. The van der Waals surface area contributed by atoms with Crippen molar-refractivity contribution in [2.75, 3.05) is 17.6 Å². The molecule has 0 saturated heterocycles. The molecule has 0 aliphatic heterocycles. The second-order valence-electron chi connectivity index (χ2n) is 4.30. The van der Waals surface area contributed by atoms with E-state index < -0.39 is 0 Å². The van der Waals surface area contributed by atoms with Crippen molar-refractivity contribution in [3.63, 3.8) is 0 Å². The first-order valence-electron chi connectivity index (χ1n) is 6.29. The summed E-state index contributed by atoms with van der Waals surface area (Å²) in [5.74, 6) is 0.351. The molecule has 8 heteroatoms. The molecule has 20 heavy (non-hydrogen) atoms. The lowest BCUT2D eigenvalue weighted by Gasteiger charge is -2.16. The number of carbonyl (C=O) groups excluding carboxylic acids is 1. The maximum atomic E-state index is 12.0. The van der Waals surface area contributed by atoms with E-state index in [-0.39, 0.29) is 11.9 Å². The molecule has 0 fully saturated rings. The fourth-order valence-corrected chi connectivity index (χ4v) is 1.79. The van der Waals surface area contributed by atoms with Crippen molar-refractivity contribution in [2.45, 2.75) is 19.9 Å². The van der Waals surface area contributed by atoms with Gasteiger partial charge in [-0.25, -0.2) is 0 Å². The number of amides is 1. The van der Waals surface area contributed by atoms with Gasteiger partial charge in [0.2, 0.25) is 0 Å². The van der Waals surface area contributed by atoms with E-state index in [1.807, 2.05) is 13.8 Å². The zero-order valence-corrected chi connectivity index (χ0v) is 11.3. The molecule has 0 aliphatic rings. The average molecular weight is 275 g/mol. The minimum Gasteiger partial charge on any atom is -0.399 e. The van der Waals surface area contributed by atoms with Gasteiger partial charge in [-0.2, -0.15) is 5.21 Å². The lowest BCUT2D eigenvalue weighted by Crippen LogP contribution is -2.24. The molecule has 2 rings (SSSR count). The van der Waals surface area contributed by atoms with E-state index >= 15 is 0 Å². The van der Waals surface area contributed by atoms with Crippen molar-refractivity contribution in [3.8, 4) is 0 Å². The third kappa shape index (κ3) is 3.02. The van der Waals surface area contributed by atoms with Gasteiger partial charge in [-0.3, -0.25) is 4.79 Å². The second kappa shape index (κ2) is 6.00. The van der Waals surface area contributed by atoms with Crippen LogP contribution in [0.3, 0.4) is 0 Å². The quantitative estimate of drug-likeness (QED) is 0.596. The number of rotatable bonds is 5. The largest absolute Gasteiger partial charge is 0.399 e. The molecule has 0 spiro atoms. The van der Waals surface area contributed by atoms with E-state index in [1.54, 1.807) is 18.2 Å². The summed E-state index contributed by atoms with van der Waals surface area (Å²) < 4.78 is 0. The SMILES string of the molecule is CCNC(=O)c1ccc(N)cc1NC(C)c1nn[nH]n1. The van der Waals surface area contributed by atoms with Crippen LogP contribution >= 0.6 is 0 Å². The van der Waals surface area contributed by atoms with Crippen LogP contribution in [0.4, 0.5) is 11.4 Å². The molecule has 106 valence electrons. The summed E-state index contributed by atoms with van der Waals surface area (Å²) >= 11 is 0. The molecule has 0 radical (unpaired) electrons. The molecule has 1 aromatic heterocycles. The Balaban J connectivity index is 2.25. The maximum absolute atomic E-state index is 12.0. The topological polar surface area (TPSA) is 122 Å². The molecule has 0 aliphatic carbocycles. The number of nitrogens with two attached hydrogens (primary N) is 1. The number of hydrogen-bond donors (Lipinski definition) is 4. The van der Waals surface area contributed by atoms with E-state index in [0.29, 0.717) is 29.3 Å². The molecule has 5 N–H and O–H groups in total. The standard InChI is InChI=1S/C12H17N7O/c1-3-14-12(20)9-5-4-8(13)6-10(9)15-7(2)11-16-18-19-17-11/h4-7,15H,3,13H2,1-2H3,(H,14,20)(H,16,17,18,19). The first-order chi connectivity index (χ1) is 9.61. The number of benzene rings is 1. The van der Waals surface area contributed by atoms with Crippen molar-refractivity contribution in [1.29, 1.82) is 0 Å². The summed E-state index contributed by atoms with van der Waals surface area (Å²) in [5.41, 5.74) is 7.50. The van der Waals surface area contributed by atoms with Crippen molar-refractivity contribution in [3.05, 3.63) is 29.6 Å². The highest BCUT2D eigenvalue weighted by Crippen LogP contribution is 2.23. The molecule has 8 nitrogen and oxygen atoms in total. The Morgan fingerprint density at radius 1 is 1.50 bits per heavy atom. The number of hydrogen-bond acceptors (Lipinski definition) is 6. The van der Waals surface area contributed by atoms with E-state index in [2.05, 4.69) is 31.3 Å². The summed E-state index contributed by atoms with van der Waals surface area (Å²) in [5, 5.41) is 19.6. The summed E-state index contributed by atoms with van der Waals surface area (Å²) in [7, 11) is 0. The maximum Gasteiger partial charge on any atom is 0.253 e. The Kier molecular flexibility index (Phi) is 4.14. The zero-order chi connectivity index (χ0) is 14.5. The third-order valence-electron chi connectivity index (χ3n) is 2.75. The van der Waals surface area contributed by atoms with Crippen LogP contribution in [0, 0.1) is 0 Å².